The second-order valence-corrected chi connectivity index (χ2v) is 13.0. The number of rotatable bonds is 5. The van der Waals surface area contributed by atoms with Gasteiger partial charge in [-0.25, -0.2) is 4.98 Å². The Morgan fingerprint density at radius 1 is 0.421 bits per heavy atom. The molecule has 6 heteroatoms. The molecular weight excluding hydrogens is 699 g/mol. The topological polar surface area (TPSA) is 61.7 Å². The van der Waals surface area contributed by atoms with Crippen LogP contribution in [0, 0.1) is 0 Å². The maximum Gasteiger partial charge on any atom is 0.238 e. The van der Waals surface area contributed by atoms with E-state index >= 15 is 0 Å². The summed E-state index contributed by atoms with van der Waals surface area (Å²) >= 11 is 0. The molecule has 0 unspecified atom stereocenters. The van der Waals surface area contributed by atoms with Gasteiger partial charge in [-0.2, -0.15) is 9.97 Å². The normalized spacial score (nSPS) is 16.5. The number of hydrogen-bond donors (Lipinski definition) is 0. The lowest BCUT2D eigenvalue weighted by Gasteiger charge is -2.15. The van der Waals surface area contributed by atoms with Crippen molar-refractivity contribution >= 4 is 65.6 Å². The maximum atomic E-state index is 10.1. The fourth-order valence-corrected chi connectivity index (χ4v) is 7.51. The van der Waals surface area contributed by atoms with Crippen LogP contribution in [-0.4, -0.2) is 24.1 Å². The number of furan rings is 1. The molecule has 4 aromatic heterocycles. The standard InChI is InChI=1S/C51H31N5O/c1-2-16-32(17-3-1)40-30-33(31-47-48(40)39-23-9-15-29-46(39)57-47)49-52-50(54-51(53-49)56-43-26-12-6-20-36(43)37-21-7-13-27-44(37)56)38-22-8-14-28-45(38)55-41-24-10-4-18-34(41)35-19-5-11-25-42(35)55/h1-31H/i1D,2D,3D,4D,5D,9D,10D,11D,15D,16D,17D,18D,19D,23D,24D,25D,29D,30D,31D. The maximum absolute atomic E-state index is 10.1. The molecule has 0 aliphatic rings. The molecule has 0 saturated heterocycles. The fraction of sp³-hybridized carbons (Fsp3) is 0. The minimum atomic E-state index is -0.790. The van der Waals surface area contributed by atoms with Gasteiger partial charge in [-0.1, -0.05) is 133 Å². The molecule has 0 atom stereocenters. The van der Waals surface area contributed by atoms with E-state index in [4.69, 9.17) is 39.9 Å². The average molecular weight is 749 g/mol. The first-order valence-corrected chi connectivity index (χ1v) is 17.6. The zero-order valence-corrected chi connectivity index (χ0v) is 29.1. The Hall–Kier alpha value is -7.83. The van der Waals surface area contributed by atoms with Crippen molar-refractivity contribution in [2.45, 2.75) is 0 Å². The van der Waals surface area contributed by atoms with Crippen LogP contribution in [0.4, 0.5) is 0 Å². The predicted molar refractivity (Wildman–Crippen MR) is 232 cm³/mol. The van der Waals surface area contributed by atoms with Gasteiger partial charge in [0.2, 0.25) is 5.95 Å². The van der Waals surface area contributed by atoms with E-state index in [-0.39, 0.29) is 55.6 Å². The van der Waals surface area contributed by atoms with Crippen molar-refractivity contribution in [2.75, 3.05) is 0 Å². The lowest BCUT2D eigenvalue weighted by Crippen LogP contribution is -2.08. The summed E-state index contributed by atoms with van der Waals surface area (Å²) in [5, 5.41) is 0.513. The number of fused-ring (bicyclic) bond motifs is 9. The fourth-order valence-electron chi connectivity index (χ4n) is 7.51. The Labute approximate surface area is 353 Å². The molecule has 0 saturated carbocycles. The monoisotopic (exact) mass is 748 g/mol. The minimum Gasteiger partial charge on any atom is -0.456 e. The van der Waals surface area contributed by atoms with E-state index in [0.29, 0.717) is 11.0 Å². The van der Waals surface area contributed by atoms with Crippen LogP contribution in [0.5, 0.6) is 0 Å². The van der Waals surface area contributed by atoms with Crippen molar-refractivity contribution in [3.8, 4) is 45.5 Å². The quantitative estimate of drug-likeness (QED) is 0.176. The van der Waals surface area contributed by atoms with Crippen LogP contribution in [0.3, 0.4) is 0 Å². The van der Waals surface area contributed by atoms with E-state index in [9.17, 15) is 5.48 Å². The van der Waals surface area contributed by atoms with E-state index in [1.165, 1.54) is 10.6 Å². The lowest BCUT2D eigenvalue weighted by atomic mass is 9.97. The number of aromatic nitrogens is 5. The molecule has 12 rings (SSSR count). The molecule has 0 fully saturated rings. The smallest absolute Gasteiger partial charge is 0.238 e. The van der Waals surface area contributed by atoms with E-state index in [0.717, 1.165) is 10.8 Å². The van der Waals surface area contributed by atoms with Crippen LogP contribution in [0.1, 0.15) is 26.0 Å². The summed E-state index contributed by atoms with van der Waals surface area (Å²) in [4.78, 5) is 14.9. The third-order valence-electron chi connectivity index (χ3n) is 9.87. The summed E-state index contributed by atoms with van der Waals surface area (Å²) in [5.74, 6) is -0.777. The number of hydrogen-bond acceptors (Lipinski definition) is 4. The molecule has 4 heterocycles. The Balaban J connectivity index is 1.28. The highest BCUT2D eigenvalue weighted by Crippen LogP contribution is 2.41. The van der Waals surface area contributed by atoms with E-state index in [1.807, 2.05) is 36.4 Å². The van der Waals surface area contributed by atoms with Crippen LogP contribution in [-0.2, 0) is 0 Å². The van der Waals surface area contributed by atoms with Gasteiger partial charge < -0.3 is 8.98 Å². The SMILES string of the molecule is [2H]c1c([2H])c([2H])c(-c2c([2H])c(-c3nc(-c4ccccc4-n4c5c([2H])c([2H])c([2H])c([2H])c5c5c([2H])c([2H])c([2H])c([2H])c54)nc(-n4c5ccccc5c5ccccc54)n3)c([2H])c3oc4c([2H])c([2H])c([2H])c([2H])c4c23)c([2H])c1[2H]. The second kappa shape index (κ2) is 12.3. The van der Waals surface area contributed by atoms with Gasteiger partial charge in [-0.3, -0.25) is 4.57 Å². The van der Waals surface area contributed by atoms with Crippen molar-refractivity contribution in [3.05, 3.63) is 188 Å². The van der Waals surface area contributed by atoms with Crippen LogP contribution in [0.2, 0.25) is 0 Å². The van der Waals surface area contributed by atoms with Crippen LogP contribution < -0.4 is 0 Å². The van der Waals surface area contributed by atoms with E-state index < -0.39 is 148 Å². The largest absolute Gasteiger partial charge is 0.456 e. The average Bonchev–Trinajstić information content (AvgIpc) is 4.29. The summed E-state index contributed by atoms with van der Waals surface area (Å²) in [5.41, 5.74) is -1.51. The molecule has 0 bridgehead atoms. The van der Waals surface area contributed by atoms with Gasteiger partial charge >= 0.3 is 0 Å². The molecule has 266 valence electrons. The minimum absolute atomic E-state index is 0.0518. The Morgan fingerprint density at radius 2 is 1.02 bits per heavy atom. The van der Waals surface area contributed by atoms with Crippen molar-refractivity contribution in [2.24, 2.45) is 0 Å². The molecule has 0 N–H and O–H groups in total. The highest BCUT2D eigenvalue weighted by Gasteiger charge is 2.22. The number of para-hydroxylation sites is 6. The molecule has 0 aliphatic carbocycles. The summed E-state index contributed by atoms with van der Waals surface area (Å²) in [7, 11) is 0. The summed E-state index contributed by atoms with van der Waals surface area (Å²) in [6.07, 6.45) is 0. The Kier molecular flexibility index (Phi) is 3.94. The van der Waals surface area contributed by atoms with Crippen molar-refractivity contribution < 1.29 is 30.5 Å². The highest BCUT2D eigenvalue weighted by atomic mass is 16.3. The van der Waals surface area contributed by atoms with Crippen molar-refractivity contribution in [1.82, 2.24) is 24.1 Å². The zero-order valence-electron chi connectivity index (χ0n) is 48.1. The molecule has 57 heavy (non-hydrogen) atoms. The first-order chi connectivity index (χ1) is 36.2. The van der Waals surface area contributed by atoms with Gasteiger partial charge in [0, 0.05) is 43.4 Å². The van der Waals surface area contributed by atoms with Crippen molar-refractivity contribution in [1.29, 1.82) is 0 Å². The molecular formula is C51H31N5O. The molecule has 0 aliphatic heterocycles. The van der Waals surface area contributed by atoms with Gasteiger partial charge in [0.15, 0.2) is 11.6 Å². The molecule has 0 amide bonds. The van der Waals surface area contributed by atoms with Gasteiger partial charge in [0.25, 0.3) is 0 Å². The van der Waals surface area contributed by atoms with Gasteiger partial charge in [0.05, 0.1) is 53.8 Å². The van der Waals surface area contributed by atoms with Crippen LogP contribution >= 0.6 is 0 Å². The van der Waals surface area contributed by atoms with Gasteiger partial charge in [-0.15, -0.1) is 0 Å². The highest BCUT2D eigenvalue weighted by molar-refractivity contribution is 6.14. The van der Waals surface area contributed by atoms with Crippen LogP contribution in [0.25, 0.3) is 111 Å². The van der Waals surface area contributed by atoms with Gasteiger partial charge in [0.1, 0.15) is 11.2 Å². The zero-order chi connectivity index (χ0) is 54.0. The molecule has 6 nitrogen and oxygen atoms in total. The summed E-state index contributed by atoms with van der Waals surface area (Å²) in [6.45, 7) is 0. The molecule has 8 aromatic carbocycles. The first-order valence-electron chi connectivity index (χ1n) is 27.1. The Morgan fingerprint density at radius 3 is 1.75 bits per heavy atom. The molecule has 12 aromatic rings. The predicted octanol–water partition coefficient (Wildman–Crippen LogP) is 13.0. The Bertz CT molecular complexity index is 4500. The third-order valence-corrected chi connectivity index (χ3v) is 9.87. The van der Waals surface area contributed by atoms with Crippen molar-refractivity contribution in [3.63, 3.8) is 0 Å². The molecule has 0 radical (unpaired) electrons. The number of benzene rings is 8. The van der Waals surface area contributed by atoms with Gasteiger partial charge in [-0.05, 0) is 65.6 Å². The molecule has 0 spiro atoms. The van der Waals surface area contributed by atoms with E-state index in [1.54, 1.807) is 34.9 Å². The third kappa shape index (κ3) is 4.81. The van der Waals surface area contributed by atoms with E-state index in [2.05, 4.69) is 0 Å². The van der Waals surface area contributed by atoms with Crippen LogP contribution in [0.15, 0.2) is 192 Å². The lowest BCUT2D eigenvalue weighted by molar-refractivity contribution is 0.669. The summed E-state index contributed by atoms with van der Waals surface area (Å²) in [6, 6.07) is 8.11. The summed E-state index contributed by atoms with van der Waals surface area (Å²) < 4.78 is 179. The second-order valence-electron chi connectivity index (χ2n) is 13.0. The first kappa shape index (κ1) is 18.2. The number of nitrogens with zero attached hydrogens (tertiary/aromatic N) is 5.